The zero-order chi connectivity index (χ0) is 32.1. The second-order valence-electron chi connectivity index (χ2n) is 14.2. The van der Waals surface area contributed by atoms with Crippen molar-refractivity contribution in [2.75, 3.05) is 34.2 Å². The third-order valence-corrected chi connectivity index (χ3v) is 7.96. The number of fused-ring (bicyclic) bond motifs is 1. The van der Waals surface area contributed by atoms with Crippen molar-refractivity contribution in [1.29, 1.82) is 0 Å². The van der Waals surface area contributed by atoms with Crippen LogP contribution in [-0.4, -0.2) is 43.6 Å². The number of unbranched alkanes of at least 4 members (excludes halogenated alkanes) is 9. The molecule has 0 spiro atoms. The molecule has 0 aliphatic carbocycles. The molecule has 2 nitrogen and oxygen atoms in total. The fraction of sp³-hybridized carbons (Fsp3) is 0.524. The fourth-order valence-corrected chi connectivity index (χ4v) is 5.52. The molecule has 0 fully saturated rings. The van der Waals surface area contributed by atoms with Gasteiger partial charge in [0, 0.05) is 24.1 Å². The van der Waals surface area contributed by atoms with Gasteiger partial charge in [-0.3, -0.25) is 4.90 Å². The largest absolute Gasteiger partial charge is 1.00 e. The summed E-state index contributed by atoms with van der Waals surface area (Å²) in [5.41, 5.74) is 2.90. The summed E-state index contributed by atoms with van der Waals surface area (Å²) >= 11 is 0. The number of rotatable bonds is 17. The molecule has 256 valence electrons. The number of hydrogen-bond donors (Lipinski definition) is 0. The lowest BCUT2D eigenvalue weighted by molar-refractivity contribution is -0.903. The zero-order valence-corrected chi connectivity index (χ0v) is 31.7. The summed E-state index contributed by atoms with van der Waals surface area (Å²) in [6, 6.07) is 26.0. The molecule has 0 aliphatic rings. The van der Waals surface area contributed by atoms with Crippen LogP contribution in [0.15, 0.2) is 84.9 Å². The average Bonchev–Trinajstić information content (AvgIpc) is 2.98. The van der Waals surface area contributed by atoms with Crippen LogP contribution in [0.1, 0.15) is 103 Å². The minimum atomic E-state index is 0. The third kappa shape index (κ3) is 20.8. The SMILES string of the molecule is CCCCCCCCCCCC[N+](C)(C)Cc1ccccc1.CN(C/C=C/C#CC(C)(C)C)Cc1cccc2ccccc12.Cl.[Cl-]. The van der Waals surface area contributed by atoms with E-state index in [0.717, 1.165) is 24.1 Å². The predicted molar refractivity (Wildman–Crippen MR) is 203 cm³/mol. The Balaban J connectivity index is 0.000000844. The van der Waals surface area contributed by atoms with Crippen molar-refractivity contribution in [3.8, 4) is 11.8 Å². The number of allylic oxidation sites excluding steroid dienone is 1. The van der Waals surface area contributed by atoms with Gasteiger partial charge in [-0.15, -0.1) is 12.4 Å². The summed E-state index contributed by atoms with van der Waals surface area (Å²) in [4.78, 5) is 2.30. The van der Waals surface area contributed by atoms with Gasteiger partial charge in [0.2, 0.25) is 0 Å². The molecule has 0 unspecified atom stereocenters. The lowest BCUT2D eigenvalue weighted by Gasteiger charge is -2.30. The van der Waals surface area contributed by atoms with Crippen molar-refractivity contribution in [3.63, 3.8) is 0 Å². The molecule has 0 aliphatic heterocycles. The maximum Gasteiger partial charge on any atom is 0.104 e. The van der Waals surface area contributed by atoms with E-state index in [9.17, 15) is 0 Å². The molecule has 0 amide bonds. The van der Waals surface area contributed by atoms with E-state index in [-0.39, 0.29) is 30.2 Å². The lowest BCUT2D eigenvalue weighted by Crippen LogP contribution is -3.00. The molecular weight excluding hydrogens is 603 g/mol. The van der Waals surface area contributed by atoms with Gasteiger partial charge >= 0.3 is 0 Å². The molecule has 3 aromatic carbocycles. The van der Waals surface area contributed by atoms with E-state index in [1.807, 2.05) is 6.08 Å². The molecule has 0 atom stereocenters. The van der Waals surface area contributed by atoms with Crippen LogP contribution in [0.3, 0.4) is 0 Å². The van der Waals surface area contributed by atoms with E-state index >= 15 is 0 Å². The van der Waals surface area contributed by atoms with Gasteiger partial charge in [0.25, 0.3) is 0 Å². The summed E-state index contributed by atoms with van der Waals surface area (Å²) in [6.45, 7) is 13.0. The van der Waals surface area contributed by atoms with Crippen LogP contribution in [-0.2, 0) is 13.1 Å². The molecule has 0 radical (unpaired) electrons. The number of quaternary nitrogens is 1. The highest BCUT2D eigenvalue weighted by Gasteiger charge is 2.14. The van der Waals surface area contributed by atoms with Gasteiger partial charge in [-0.25, -0.2) is 0 Å². The Morgan fingerprint density at radius 1 is 0.739 bits per heavy atom. The summed E-state index contributed by atoms with van der Waals surface area (Å²) in [5.74, 6) is 6.33. The van der Waals surface area contributed by atoms with Crippen LogP contribution in [0.2, 0.25) is 0 Å². The first-order chi connectivity index (χ1) is 21.1. The van der Waals surface area contributed by atoms with E-state index in [4.69, 9.17) is 0 Å². The molecule has 0 N–H and O–H groups in total. The third-order valence-electron chi connectivity index (χ3n) is 7.96. The van der Waals surface area contributed by atoms with E-state index in [1.54, 1.807) is 0 Å². The second kappa shape index (κ2) is 24.8. The highest BCUT2D eigenvalue weighted by Crippen LogP contribution is 2.19. The highest BCUT2D eigenvalue weighted by atomic mass is 35.5. The molecular formula is C42H64Cl2N2. The van der Waals surface area contributed by atoms with Gasteiger partial charge in [0.1, 0.15) is 6.54 Å². The Kier molecular flexibility index (Phi) is 23.6. The maximum atomic E-state index is 3.21. The van der Waals surface area contributed by atoms with Gasteiger partial charge in [-0.1, -0.05) is 149 Å². The first-order valence-electron chi connectivity index (χ1n) is 17.3. The Labute approximate surface area is 296 Å². The molecule has 4 heteroatoms. The minimum Gasteiger partial charge on any atom is -1.00 e. The first kappa shape index (κ1) is 43.7. The number of hydrogen-bond acceptors (Lipinski definition) is 1. The number of benzene rings is 3. The minimum absolute atomic E-state index is 0. The van der Waals surface area contributed by atoms with Crippen LogP contribution in [0.4, 0.5) is 0 Å². The van der Waals surface area contributed by atoms with Crippen molar-refractivity contribution in [2.45, 2.75) is 105 Å². The average molecular weight is 668 g/mol. The maximum absolute atomic E-state index is 3.21. The summed E-state index contributed by atoms with van der Waals surface area (Å²) in [6.07, 6.45) is 18.3. The van der Waals surface area contributed by atoms with Gasteiger partial charge in [0.15, 0.2) is 0 Å². The van der Waals surface area contributed by atoms with Crippen molar-refractivity contribution in [3.05, 3.63) is 96.1 Å². The molecule has 3 aromatic rings. The van der Waals surface area contributed by atoms with E-state index in [2.05, 4.69) is 144 Å². The zero-order valence-electron chi connectivity index (χ0n) is 30.2. The quantitative estimate of drug-likeness (QED) is 0.0793. The number of nitrogens with zero attached hydrogens (tertiary/aromatic N) is 2. The Bertz CT molecular complexity index is 1260. The van der Waals surface area contributed by atoms with E-state index < -0.39 is 0 Å². The fourth-order valence-electron chi connectivity index (χ4n) is 5.52. The van der Waals surface area contributed by atoms with Crippen LogP contribution < -0.4 is 12.4 Å². The van der Waals surface area contributed by atoms with Crippen molar-refractivity contribution >= 4 is 23.2 Å². The van der Waals surface area contributed by atoms with Gasteiger partial charge in [-0.2, -0.15) is 0 Å². The van der Waals surface area contributed by atoms with E-state index in [1.165, 1.54) is 92.7 Å². The van der Waals surface area contributed by atoms with Crippen molar-refractivity contribution in [2.24, 2.45) is 5.41 Å². The smallest absolute Gasteiger partial charge is 0.104 e. The van der Waals surface area contributed by atoms with Crippen LogP contribution >= 0.6 is 12.4 Å². The molecule has 0 aromatic heterocycles. The van der Waals surface area contributed by atoms with E-state index in [0.29, 0.717) is 0 Å². The summed E-state index contributed by atoms with van der Waals surface area (Å²) in [7, 11) is 6.87. The Hall–Kier alpha value is -2.28. The van der Waals surface area contributed by atoms with Crippen LogP contribution in [0.5, 0.6) is 0 Å². The lowest BCUT2D eigenvalue weighted by atomic mass is 9.98. The molecule has 0 heterocycles. The van der Waals surface area contributed by atoms with Gasteiger partial charge < -0.3 is 16.9 Å². The predicted octanol–water partition coefficient (Wildman–Crippen LogP) is 8.49. The second-order valence-corrected chi connectivity index (χ2v) is 14.2. The summed E-state index contributed by atoms with van der Waals surface area (Å²) in [5, 5.41) is 2.65. The first-order valence-corrected chi connectivity index (χ1v) is 17.3. The summed E-state index contributed by atoms with van der Waals surface area (Å²) < 4.78 is 1.11. The molecule has 46 heavy (non-hydrogen) atoms. The topological polar surface area (TPSA) is 3.24 Å². The van der Waals surface area contributed by atoms with Crippen LogP contribution in [0, 0.1) is 17.3 Å². The Morgan fingerprint density at radius 2 is 1.30 bits per heavy atom. The van der Waals surface area contributed by atoms with Gasteiger partial charge in [0.05, 0.1) is 20.6 Å². The molecule has 0 saturated carbocycles. The van der Waals surface area contributed by atoms with Crippen LogP contribution in [0.25, 0.3) is 10.8 Å². The molecule has 0 saturated heterocycles. The molecule has 3 rings (SSSR count). The van der Waals surface area contributed by atoms with Gasteiger partial charge in [-0.05, 0) is 63.1 Å². The van der Waals surface area contributed by atoms with Crippen molar-refractivity contribution < 1.29 is 16.9 Å². The number of likely N-dealkylation sites (N-methyl/N-ethyl adjacent to an activating group) is 1. The van der Waals surface area contributed by atoms with Crippen molar-refractivity contribution in [1.82, 2.24) is 4.90 Å². The monoisotopic (exact) mass is 666 g/mol. The molecule has 0 bridgehead atoms. The highest BCUT2D eigenvalue weighted by molar-refractivity contribution is 5.86. The normalized spacial score (nSPS) is 11.3. The standard InChI is InChI=1S/C21H25N.C21H38N.2ClH/c1-21(2,3)15-8-5-9-16-22(4)17-19-13-10-12-18-11-6-7-14-20(18)19;1-4-5-6-7-8-9-10-11-12-16-19-22(2,3)20-21-17-14-13-15-18-21;;/h5-7,9-14H,16-17H2,1-4H3;13-15,17-18H,4-12,16,19-20H2,1-3H3;2*1H/q;+1;;/p-1/b9-5+;;;. The Morgan fingerprint density at radius 3 is 1.93 bits per heavy atom. The number of halogens is 2.